The number of nitrogens with zero attached hydrogens (tertiary/aromatic N) is 1. The molecular formula is C15H19N3. The van der Waals surface area contributed by atoms with Crippen molar-refractivity contribution in [3.8, 4) is 0 Å². The van der Waals surface area contributed by atoms with E-state index in [1.807, 2.05) is 12.1 Å². The number of nitrogens with two attached hydrogens (primary N) is 1. The number of fused-ring (bicyclic) bond motifs is 1. The van der Waals surface area contributed by atoms with Crippen LogP contribution in [0.3, 0.4) is 0 Å². The van der Waals surface area contributed by atoms with E-state index >= 15 is 0 Å². The van der Waals surface area contributed by atoms with Gasteiger partial charge in [-0.05, 0) is 36.1 Å². The summed E-state index contributed by atoms with van der Waals surface area (Å²) in [5.74, 6) is 0.441. The van der Waals surface area contributed by atoms with Crippen molar-refractivity contribution in [3.05, 3.63) is 41.1 Å². The molecule has 3 N–H and O–H groups in total. The zero-order valence-corrected chi connectivity index (χ0v) is 11.1. The summed E-state index contributed by atoms with van der Waals surface area (Å²) in [5.41, 5.74) is 9.63. The summed E-state index contributed by atoms with van der Waals surface area (Å²) < 4.78 is 0. The van der Waals surface area contributed by atoms with Crippen LogP contribution >= 0.6 is 0 Å². The lowest BCUT2D eigenvalue weighted by Crippen LogP contribution is -2.13. The normalized spacial score (nSPS) is 11.1. The molecule has 0 saturated heterocycles. The number of nitrogen functional groups attached to an aromatic ring is 1. The Morgan fingerprint density at radius 3 is 2.61 bits per heavy atom. The Labute approximate surface area is 108 Å². The SMILES string of the molecule is CCc1ccc2nc(C(C)C)cc(C(=N)N)c2c1. The molecule has 1 aromatic heterocycles. The molecule has 94 valence electrons. The lowest BCUT2D eigenvalue weighted by atomic mass is 10.00. The van der Waals surface area contributed by atoms with Gasteiger partial charge in [0.15, 0.2) is 0 Å². The van der Waals surface area contributed by atoms with Crippen molar-refractivity contribution in [3.63, 3.8) is 0 Å². The van der Waals surface area contributed by atoms with Gasteiger partial charge in [-0.3, -0.25) is 10.4 Å². The van der Waals surface area contributed by atoms with E-state index in [1.165, 1.54) is 5.56 Å². The number of aromatic nitrogens is 1. The van der Waals surface area contributed by atoms with Gasteiger partial charge in [0.2, 0.25) is 0 Å². The minimum atomic E-state index is 0.109. The second-order valence-electron chi connectivity index (χ2n) is 4.87. The van der Waals surface area contributed by atoms with Crippen LogP contribution in [0.5, 0.6) is 0 Å². The van der Waals surface area contributed by atoms with Crippen molar-refractivity contribution >= 4 is 16.7 Å². The number of hydrogen-bond donors (Lipinski definition) is 2. The quantitative estimate of drug-likeness (QED) is 0.640. The van der Waals surface area contributed by atoms with Crippen LogP contribution in [0.25, 0.3) is 10.9 Å². The summed E-state index contributed by atoms with van der Waals surface area (Å²) in [7, 11) is 0. The lowest BCUT2D eigenvalue weighted by molar-refractivity contribution is 0.829. The zero-order chi connectivity index (χ0) is 13.3. The molecule has 2 aromatic rings. The van der Waals surface area contributed by atoms with Crippen molar-refractivity contribution in [1.29, 1.82) is 5.41 Å². The molecule has 0 atom stereocenters. The Morgan fingerprint density at radius 2 is 2.06 bits per heavy atom. The van der Waals surface area contributed by atoms with Gasteiger partial charge in [-0.2, -0.15) is 0 Å². The van der Waals surface area contributed by atoms with Gasteiger partial charge in [-0.25, -0.2) is 0 Å². The molecule has 0 amide bonds. The molecule has 2 rings (SSSR count). The maximum atomic E-state index is 7.73. The molecule has 0 fully saturated rings. The molecule has 0 unspecified atom stereocenters. The first-order valence-corrected chi connectivity index (χ1v) is 6.31. The maximum absolute atomic E-state index is 7.73. The molecule has 3 nitrogen and oxygen atoms in total. The van der Waals surface area contributed by atoms with Crippen molar-refractivity contribution in [2.24, 2.45) is 5.73 Å². The van der Waals surface area contributed by atoms with E-state index in [1.54, 1.807) is 0 Å². The molecule has 0 aliphatic carbocycles. The van der Waals surface area contributed by atoms with E-state index in [2.05, 4.69) is 37.9 Å². The highest BCUT2D eigenvalue weighted by atomic mass is 14.7. The predicted octanol–water partition coefficient (Wildman–Crippen LogP) is 3.20. The van der Waals surface area contributed by atoms with Crippen LogP contribution in [0.1, 0.15) is 43.5 Å². The van der Waals surface area contributed by atoms with Gasteiger partial charge in [-0.15, -0.1) is 0 Å². The van der Waals surface area contributed by atoms with E-state index in [4.69, 9.17) is 11.1 Å². The minimum Gasteiger partial charge on any atom is -0.384 e. The van der Waals surface area contributed by atoms with E-state index in [-0.39, 0.29) is 5.84 Å². The summed E-state index contributed by atoms with van der Waals surface area (Å²) in [6, 6.07) is 8.13. The van der Waals surface area contributed by atoms with Gasteiger partial charge in [0.25, 0.3) is 0 Å². The summed E-state index contributed by atoms with van der Waals surface area (Å²) in [5, 5.41) is 8.71. The average molecular weight is 241 g/mol. The molecule has 3 heteroatoms. The fourth-order valence-electron chi connectivity index (χ4n) is 2.03. The van der Waals surface area contributed by atoms with E-state index < -0.39 is 0 Å². The fourth-order valence-corrected chi connectivity index (χ4v) is 2.03. The zero-order valence-electron chi connectivity index (χ0n) is 11.1. The molecule has 0 bridgehead atoms. The van der Waals surface area contributed by atoms with Crippen LogP contribution < -0.4 is 5.73 Å². The fraction of sp³-hybridized carbons (Fsp3) is 0.333. The lowest BCUT2D eigenvalue weighted by Gasteiger charge is -2.11. The molecular weight excluding hydrogens is 222 g/mol. The largest absolute Gasteiger partial charge is 0.384 e. The van der Waals surface area contributed by atoms with Gasteiger partial charge in [0.05, 0.1) is 5.52 Å². The summed E-state index contributed by atoms with van der Waals surface area (Å²) in [6.07, 6.45) is 0.971. The molecule has 0 radical (unpaired) electrons. The second-order valence-corrected chi connectivity index (χ2v) is 4.87. The van der Waals surface area contributed by atoms with Crippen LogP contribution in [0.4, 0.5) is 0 Å². The Balaban J connectivity index is 2.77. The van der Waals surface area contributed by atoms with Crippen LogP contribution in [-0.2, 0) is 6.42 Å². The monoisotopic (exact) mass is 241 g/mol. The molecule has 0 saturated carbocycles. The Morgan fingerprint density at radius 1 is 1.33 bits per heavy atom. The van der Waals surface area contributed by atoms with E-state index in [0.717, 1.165) is 28.6 Å². The van der Waals surface area contributed by atoms with Crippen molar-refractivity contribution in [2.45, 2.75) is 33.1 Å². The summed E-state index contributed by atoms with van der Waals surface area (Å²) >= 11 is 0. The molecule has 0 aliphatic heterocycles. The first kappa shape index (κ1) is 12.6. The molecule has 1 heterocycles. The topological polar surface area (TPSA) is 62.8 Å². The highest BCUT2D eigenvalue weighted by Gasteiger charge is 2.10. The molecule has 1 aromatic carbocycles. The van der Waals surface area contributed by atoms with Crippen molar-refractivity contribution < 1.29 is 0 Å². The third-order valence-corrected chi connectivity index (χ3v) is 3.18. The Hall–Kier alpha value is -1.90. The Kier molecular flexibility index (Phi) is 3.32. The maximum Gasteiger partial charge on any atom is 0.123 e. The molecule has 0 spiro atoms. The number of hydrogen-bond acceptors (Lipinski definition) is 2. The van der Waals surface area contributed by atoms with Gasteiger partial charge in [-0.1, -0.05) is 26.8 Å². The predicted molar refractivity (Wildman–Crippen MR) is 76.2 cm³/mol. The highest BCUT2D eigenvalue weighted by molar-refractivity contribution is 6.06. The van der Waals surface area contributed by atoms with Crippen LogP contribution in [0.2, 0.25) is 0 Å². The number of nitrogens with one attached hydrogen (secondary N) is 1. The average Bonchev–Trinajstić information content (AvgIpc) is 2.36. The van der Waals surface area contributed by atoms with Crippen LogP contribution in [0.15, 0.2) is 24.3 Å². The Bertz CT molecular complexity index is 600. The van der Waals surface area contributed by atoms with E-state index in [9.17, 15) is 0 Å². The first-order chi connectivity index (χ1) is 8.52. The summed E-state index contributed by atoms with van der Waals surface area (Å²) in [6.45, 7) is 6.31. The van der Waals surface area contributed by atoms with Crippen molar-refractivity contribution in [2.75, 3.05) is 0 Å². The van der Waals surface area contributed by atoms with Gasteiger partial charge < -0.3 is 5.73 Å². The van der Waals surface area contributed by atoms with Crippen LogP contribution in [0, 0.1) is 5.41 Å². The smallest absolute Gasteiger partial charge is 0.123 e. The van der Waals surface area contributed by atoms with Crippen LogP contribution in [-0.4, -0.2) is 10.8 Å². The van der Waals surface area contributed by atoms with Gasteiger partial charge in [0, 0.05) is 16.6 Å². The van der Waals surface area contributed by atoms with Gasteiger partial charge >= 0.3 is 0 Å². The third kappa shape index (κ3) is 2.21. The summed E-state index contributed by atoms with van der Waals surface area (Å²) in [4.78, 5) is 4.64. The number of aryl methyl sites for hydroxylation is 1. The molecule has 0 aliphatic rings. The highest BCUT2D eigenvalue weighted by Crippen LogP contribution is 2.23. The number of pyridine rings is 1. The molecule has 18 heavy (non-hydrogen) atoms. The van der Waals surface area contributed by atoms with Crippen molar-refractivity contribution in [1.82, 2.24) is 4.98 Å². The van der Waals surface area contributed by atoms with E-state index in [0.29, 0.717) is 5.92 Å². The van der Waals surface area contributed by atoms with Gasteiger partial charge in [0.1, 0.15) is 5.84 Å². The minimum absolute atomic E-state index is 0.109. The standard InChI is InChI=1S/C15H19N3/c1-4-10-5-6-13-11(7-10)12(15(16)17)8-14(18-13)9(2)3/h5-9H,4H2,1-3H3,(H3,16,17). The number of benzene rings is 1. The first-order valence-electron chi connectivity index (χ1n) is 6.31. The number of rotatable bonds is 3. The second kappa shape index (κ2) is 4.77. The number of amidine groups is 1. The third-order valence-electron chi connectivity index (χ3n) is 3.18.